The van der Waals surface area contributed by atoms with Crippen LogP contribution >= 0.6 is 0 Å². The van der Waals surface area contributed by atoms with Crippen LogP contribution in [0.3, 0.4) is 0 Å². The van der Waals surface area contributed by atoms with Crippen LogP contribution < -0.4 is 10.2 Å². The number of aryl methyl sites for hydroxylation is 1. The van der Waals surface area contributed by atoms with Crippen LogP contribution in [-0.2, 0) is 0 Å². The van der Waals surface area contributed by atoms with Gasteiger partial charge in [-0.05, 0) is 42.2 Å². The topological polar surface area (TPSA) is 74.1 Å². The molecule has 0 unspecified atom stereocenters. The second-order valence-electron chi connectivity index (χ2n) is 9.43. The Morgan fingerprint density at radius 1 is 1.06 bits per heavy atom. The molecule has 1 aliphatic rings. The molecular weight excluding hydrogens is 398 g/mol. The molecule has 7 nitrogen and oxygen atoms in total. The summed E-state index contributed by atoms with van der Waals surface area (Å²) < 4.78 is 1.83. The fourth-order valence-electron chi connectivity index (χ4n) is 4.68. The van der Waals surface area contributed by atoms with Crippen LogP contribution in [0.4, 0.5) is 5.69 Å². The molecule has 0 amide bonds. The highest BCUT2D eigenvalue weighted by Gasteiger charge is 2.27. The Bertz CT molecular complexity index is 1230. The van der Waals surface area contributed by atoms with Gasteiger partial charge >= 0.3 is 0 Å². The largest absolute Gasteiger partial charge is 0.368 e. The van der Waals surface area contributed by atoms with Crippen molar-refractivity contribution < 1.29 is 0 Å². The predicted molar refractivity (Wildman–Crippen MR) is 129 cm³/mol. The highest BCUT2D eigenvalue weighted by molar-refractivity contribution is 5.76. The highest BCUT2D eigenvalue weighted by atomic mass is 15.3. The van der Waals surface area contributed by atoms with Gasteiger partial charge in [0.15, 0.2) is 5.65 Å². The van der Waals surface area contributed by atoms with Gasteiger partial charge in [0.2, 0.25) is 0 Å². The number of fused-ring (bicyclic) bond motifs is 1. The molecule has 0 spiro atoms. The number of rotatable bonds is 6. The number of aromatic nitrogens is 5. The maximum Gasteiger partial charge on any atom is 0.158 e. The zero-order valence-corrected chi connectivity index (χ0v) is 19.4. The Hall–Kier alpha value is -3.19. The molecule has 1 aromatic carbocycles. The summed E-state index contributed by atoms with van der Waals surface area (Å²) in [6.45, 7) is 13.0. The third-order valence-electron chi connectivity index (χ3n) is 6.19. The first-order valence-electron chi connectivity index (χ1n) is 11.4. The summed E-state index contributed by atoms with van der Waals surface area (Å²) in [5.41, 5.74) is 8.73. The van der Waals surface area contributed by atoms with E-state index in [4.69, 9.17) is 5.10 Å². The average Bonchev–Trinajstić information content (AvgIpc) is 3.37. The SMILES string of the molecule is Cc1cc(-c2n[nH]c(-c3ccc(N4CC(NC(C)C)C4)cc3)c2C(C)C)cn2ncnc12. The van der Waals surface area contributed by atoms with Gasteiger partial charge in [-0.15, -0.1) is 0 Å². The Balaban J connectivity index is 1.44. The van der Waals surface area contributed by atoms with E-state index < -0.39 is 0 Å². The smallest absolute Gasteiger partial charge is 0.158 e. The molecule has 2 N–H and O–H groups in total. The lowest BCUT2D eigenvalue weighted by atomic mass is 9.94. The number of nitrogens with zero attached hydrogens (tertiary/aromatic N) is 5. The standard InChI is InChI=1S/C25H31N7/c1-15(2)22-23(18-6-8-21(9-7-18)31-12-20(13-31)28-16(3)4)29-30-24(22)19-10-17(5)25-26-14-27-32(25)11-19/h6-11,14-16,20,28H,12-13H2,1-5H3,(H,29,30). The van der Waals surface area contributed by atoms with Crippen molar-refractivity contribution in [3.63, 3.8) is 0 Å². The van der Waals surface area contributed by atoms with Crippen LogP contribution in [-0.4, -0.2) is 50.0 Å². The summed E-state index contributed by atoms with van der Waals surface area (Å²) in [6.07, 6.45) is 3.60. The second-order valence-corrected chi connectivity index (χ2v) is 9.43. The van der Waals surface area contributed by atoms with E-state index in [1.807, 2.05) is 10.7 Å². The van der Waals surface area contributed by atoms with Crippen LogP contribution in [0, 0.1) is 6.92 Å². The molecule has 3 aromatic heterocycles. The predicted octanol–water partition coefficient (Wildman–Crippen LogP) is 4.40. The minimum atomic E-state index is 0.323. The first kappa shape index (κ1) is 20.7. The monoisotopic (exact) mass is 429 g/mol. The van der Waals surface area contributed by atoms with Gasteiger partial charge in [0.1, 0.15) is 6.33 Å². The lowest BCUT2D eigenvalue weighted by Gasteiger charge is -2.42. The number of hydrogen-bond acceptors (Lipinski definition) is 5. The molecule has 0 atom stereocenters. The first-order chi connectivity index (χ1) is 15.4. The van der Waals surface area contributed by atoms with E-state index in [1.54, 1.807) is 6.33 Å². The van der Waals surface area contributed by atoms with Gasteiger partial charge in [-0.2, -0.15) is 10.2 Å². The summed E-state index contributed by atoms with van der Waals surface area (Å²) >= 11 is 0. The lowest BCUT2D eigenvalue weighted by molar-refractivity contribution is 0.389. The molecule has 0 radical (unpaired) electrons. The fraction of sp³-hybridized carbons (Fsp3) is 0.400. The molecule has 4 aromatic rings. The molecule has 166 valence electrons. The minimum absolute atomic E-state index is 0.323. The van der Waals surface area contributed by atoms with Gasteiger partial charge in [-0.3, -0.25) is 5.10 Å². The van der Waals surface area contributed by atoms with Crippen LogP contribution in [0.5, 0.6) is 0 Å². The van der Waals surface area contributed by atoms with Gasteiger partial charge in [0.25, 0.3) is 0 Å². The number of anilines is 1. The first-order valence-corrected chi connectivity index (χ1v) is 11.4. The van der Waals surface area contributed by atoms with Crippen molar-refractivity contribution in [1.29, 1.82) is 0 Å². The van der Waals surface area contributed by atoms with E-state index >= 15 is 0 Å². The van der Waals surface area contributed by atoms with Crippen molar-refractivity contribution in [1.82, 2.24) is 30.1 Å². The van der Waals surface area contributed by atoms with Crippen LogP contribution in [0.2, 0.25) is 0 Å². The highest BCUT2D eigenvalue weighted by Crippen LogP contribution is 2.36. The Morgan fingerprint density at radius 3 is 2.50 bits per heavy atom. The van der Waals surface area contributed by atoms with E-state index in [-0.39, 0.29) is 0 Å². The molecule has 0 saturated carbocycles. The third kappa shape index (κ3) is 3.66. The molecule has 7 heteroatoms. The van der Waals surface area contributed by atoms with Crippen molar-refractivity contribution in [2.75, 3.05) is 18.0 Å². The molecule has 0 aliphatic carbocycles. The van der Waals surface area contributed by atoms with E-state index in [9.17, 15) is 0 Å². The van der Waals surface area contributed by atoms with Gasteiger partial charge in [0, 0.05) is 48.2 Å². The molecule has 4 heterocycles. The van der Waals surface area contributed by atoms with Gasteiger partial charge in [0.05, 0.1) is 11.4 Å². The molecule has 1 aliphatic heterocycles. The molecule has 0 bridgehead atoms. The number of H-pyrrole nitrogens is 1. The zero-order valence-electron chi connectivity index (χ0n) is 19.4. The molecular formula is C25H31N7. The van der Waals surface area contributed by atoms with Crippen molar-refractivity contribution >= 4 is 11.3 Å². The Morgan fingerprint density at radius 2 is 1.81 bits per heavy atom. The minimum Gasteiger partial charge on any atom is -0.368 e. The summed E-state index contributed by atoms with van der Waals surface area (Å²) in [6, 6.07) is 12.1. The Kier molecular flexibility index (Phi) is 5.21. The fourth-order valence-corrected chi connectivity index (χ4v) is 4.68. The van der Waals surface area contributed by atoms with Gasteiger partial charge in [-0.25, -0.2) is 9.50 Å². The number of benzene rings is 1. The lowest BCUT2D eigenvalue weighted by Crippen LogP contribution is -2.59. The van der Waals surface area contributed by atoms with E-state index in [2.05, 4.69) is 90.3 Å². The number of nitrogens with one attached hydrogen (secondary N) is 2. The number of hydrogen-bond donors (Lipinski definition) is 2. The Labute approximate surface area is 188 Å². The quantitative estimate of drug-likeness (QED) is 0.475. The number of aromatic amines is 1. The van der Waals surface area contributed by atoms with Crippen LogP contribution in [0.25, 0.3) is 28.2 Å². The average molecular weight is 430 g/mol. The van der Waals surface area contributed by atoms with Gasteiger partial charge in [-0.1, -0.05) is 39.8 Å². The number of pyridine rings is 1. The van der Waals surface area contributed by atoms with E-state index in [0.29, 0.717) is 18.0 Å². The van der Waals surface area contributed by atoms with E-state index in [1.165, 1.54) is 11.3 Å². The zero-order chi connectivity index (χ0) is 22.4. The normalized spacial score (nSPS) is 14.7. The van der Waals surface area contributed by atoms with Crippen molar-refractivity contribution in [3.05, 3.63) is 54.0 Å². The third-order valence-corrected chi connectivity index (χ3v) is 6.19. The second kappa shape index (κ2) is 8.06. The van der Waals surface area contributed by atoms with Crippen LogP contribution in [0.1, 0.15) is 44.7 Å². The molecule has 1 fully saturated rings. The summed E-state index contributed by atoms with van der Waals surface area (Å²) in [5, 5.41) is 16.0. The summed E-state index contributed by atoms with van der Waals surface area (Å²) in [5.74, 6) is 0.323. The van der Waals surface area contributed by atoms with Crippen molar-refractivity contribution in [2.45, 2.75) is 52.6 Å². The molecule has 32 heavy (non-hydrogen) atoms. The summed E-state index contributed by atoms with van der Waals surface area (Å²) in [4.78, 5) is 6.75. The maximum atomic E-state index is 4.73. The van der Waals surface area contributed by atoms with Gasteiger partial charge < -0.3 is 10.2 Å². The maximum absolute atomic E-state index is 4.73. The summed E-state index contributed by atoms with van der Waals surface area (Å²) in [7, 11) is 0. The van der Waals surface area contributed by atoms with Crippen LogP contribution in [0.15, 0.2) is 42.9 Å². The molecule has 5 rings (SSSR count). The molecule has 1 saturated heterocycles. The van der Waals surface area contributed by atoms with Crippen molar-refractivity contribution in [2.24, 2.45) is 0 Å². The van der Waals surface area contributed by atoms with Crippen molar-refractivity contribution in [3.8, 4) is 22.5 Å². The van der Waals surface area contributed by atoms with E-state index in [0.717, 1.165) is 46.8 Å².